The Balaban J connectivity index is 1.59. The number of anilines is 1. The molecule has 0 radical (unpaired) electrons. The van der Waals surface area contributed by atoms with E-state index in [0.717, 1.165) is 24.1 Å². The maximum absolute atomic E-state index is 12.9. The number of nitrogens with two attached hydrogens (primary N) is 1. The lowest BCUT2D eigenvalue weighted by Crippen LogP contribution is -2.23. The number of halogens is 1. The van der Waals surface area contributed by atoms with Crippen molar-refractivity contribution in [3.8, 4) is 0 Å². The summed E-state index contributed by atoms with van der Waals surface area (Å²) >= 11 is 0. The van der Waals surface area contributed by atoms with Crippen LogP contribution in [0.3, 0.4) is 0 Å². The first-order valence-electron chi connectivity index (χ1n) is 7.60. The Morgan fingerprint density at radius 3 is 2.50 bits per heavy atom. The molecule has 0 heterocycles. The van der Waals surface area contributed by atoms with Crippen LogP contribution in [0.1, 0.15) is 30.4 Å². The van der Waals surface area contributed by atoms with Crippen molar-refractivity contribution < 1.29 is 4.39 Å². The van der Waals surface area contributed by atoms with Gasteiger partial charge in [-0.1, -0.05) is 31.2 Å². The minimum atomic E-state index is -0.207. The highest BCUT2D eigenvalue weighted by Gasteiger charge is 2.38. The maximum atomic E-state index is 12.9. The summed E-state index contributed by atoms with van der Waals surface area (Å²) in [7, 11) is 0. The standard InChI is InChI=1S/C18H20FN3/c1-2-12-3-9-15(10-4-12)21-18(20)22-17-11-16(17)13-5-7-14(19)8-6-13/h3-10,16-17H,2,11H2,1H3,(H3,20,21,22)/t16-,17+/m0/s1. The number of hydrogen-bond donors (Lipinski definition) is 2. The van der Waals surface area contributed by atoms with Crippen molar-refractivity contribution in [1.82, 2.24) is 0 Å². The first-order valence-corrected chi connectivity index (χ1v) is 7.60. The Morgan fingerprint density at radius 1 is 1.18 bits per heavy atom. The van der Waals surface area contributed by atoms with Crippen molar-refractivity contribution in [2.24, 2.45) is 10.7 Å². The molecule has 4 heteroatoms. The molecule has 1 fully saturated rings. The van der Waals surface area contributed by atoms with Crippen LogP contribution in [0.25, 0.3) is 0 Å². The van der Waals surface area contributed by atoms with Gasteiger partial charge in [0, 0.05) is 11.6 Å². The van der Waals surface area contributed by atoms with Crippen LogP contribution in [0.15, 0.2) is 53.5 Å². The zero-order valence-electron chi connectivity index (χ0n) is 12.6. The Labute approximate surface area is 130 Å². The van der Waals surface area contributed by atoms with Crippen LogP contribution in [-0.4, -0.2) is 12.0 Å². The van der Waals surface area contributed by atoms with Crippen LogP contribution < -0.4 is 11.1 Å². The fraction of sp³-hybridized carbons (Fsp3) is 0.278. The summed E-state index contributed by atoms with van der Waals surface area (Å²) < 4.78 is 12.9. The van der Waals surface area contributed by atoms with Gasteiger partial charge in [0.1, 0.15) is 5.82 Å². The van der Waals surface area contributed by atoms with Gasteiger partial charge in [-0.15, -0.1) is 0 Å². The predicted molar refractivity (Wildman–Crippen MR) is 88.6 cm³/mol. The third kappa shape index (κ3) is 3.45. The van der Waals surface area contributed by atoms with Gasteiger partial charge in [-0.25, -0.2) is 9.38 Å². The summed E-state index contributed by atoms with van der Waals surface area (Å²) in [5, 5.41) is 3.11. The molecule has 2 aromatic carbocycles. The van der Waals surface area contributed by atoms with Crippen molar-refractivity contribution in [3.05, 3.63) is 65.5 Å². The van der Waals surface area contributed by atoms with Gasteiger partial charge in [0.2, 0.25) is 0 Å². The molecule has 1 saturated carbocycles. The number of rotatable bonds is 4. The number of hydrogen-bond acceptors (Lipinski definition) is 1. The summed E-state index contributed by atoms with van der Waals surface area (Å²) in [6.45, 7) is 2.13. The van der Waals surface area contributed by atoms with Crippen LogP contribution >= 0.6 is 0 Å². The molecule has 0 aromatic heterocycles. The van der Waals surface area contributed by atoms with Gasteiger partial charge in [-0.2, -0.15) is 0 Å². The van der Waals surface area contributed by atoms with Crippen molar-refractivity contribution in [2.75, 3.05) is 5.32 Å². The number of nitrogens with zero attached hydrogens (tertiary/aromatic N) is 1. The number of aliphatic imine (C=N–C) groups is 1. The molecule has 1 aliphatic carbocycles. The van der Waals surface area contributed by atoms with Gasteiger partial charge >= 0.3 is 0 Å². The monoisotopic (exact) mass is 297 g/mol. The molecule has 3 rings (SSSR count). The van der Waals surface area contributed by atoms with Gasteiger partial charge < -0.3 is 11.1 Å². The molecule has 0 saturated heterocycles. The Kier molecular flexibility index (Phi) is 4.09. The van der Waals surface area contributed by atoms with Gasteiger partial charge in [-0.05, 0) is 48.2 Å². The first kappa shape index (κ1) is 14.6. The smallest absolute Gasteiger partial charge is 0.193 e. The van der Waals surface area contributed by atoms with E-state index in [1.165, 1.54) is 17.7 Å². The third-order valence-corrected chi connectivity index (χ3v) is 3.99. The van der Waals surface area contributed by atoms with Crippen LogP contribution in [0.2, 0.25) is 0 Å². The van der Waals surface area contributed by atoms with Crippen LogP contribution in [0, 0.1) is 5.82 Å². The van der Waals surface area contributed by atoms with E-state index in [-0.39, 0.29) is 11.9 Å². The molecule has 0 unspecified atom stereocenters. The molecule has 0 amide bonds. The molecule has 2 aromatic rings. The van der Waals surface area contributed by atoms with Crippen molar-refractivity contribution in [3.63, 3.8) is 0 Å². The number of guanidine groups is 1. The average molecular weight is 297 g/mol. The Hall–Kier alpha value is -2.36. The molecule has 3 N–H and O–H groups in total. The van der Waals surface area contributed by atoms with Crippen molar-refractivity contribution in [1.29, 1.82) is 0 Å². The lowest BCUT2D eigenvalue weighted by atomic mass is 10.1. The van der Waals surface area contributed by atoms with E-state index in [1.807, 2.05) is 24.3 Å². The maximum Gasteiger partial charge on any atom is 0.193 e. The zero-order valence-corrected chi connectivity index (χ0v) is 12.6. The number of aryl methyl sites for hydroxylation is 1. The molecule has 0 bridgehead atoms. The highest BCUT2D eigenvalue weighted by atomic mass is 19.1. The van der Waals surface area contributed by atoms with Crippen LogP contribution in [0.5, 0.6) is 0 Å². The quantitative estimate of drug-likeness (QED) is 0.668. The predicted octanol–water partition coefficient (Wildman–Crippen LogP) is 3.67. The van der Waals surface area contributed by atoms with E-state index in [1.54, 1.807) is 0 Å². The molecule has 3 nitrogen and oxygen atoms in total. The number of nitrogens with one attached hydrogen (secondary N) is 1. The van der Waals surface area contributed by atoms with Gasteiger partial charge in [0.05, 0.1) is 6.04 Å². The van der Waals surface area contributed by atoms with E-state index in [4.69, 9.17) is 5.73 Å². The summed E-state index contributed by atoms with van der Waals surface area (Å²) in [5.41, 5.74) is 9.31. The highest BCUT2D eigenvalue weighted by Crippen LogP contribution is 2.43. The van der Waals surface area contributed by atoms with Gasteiger partial charge in [0.15, 0.2) is 5.96 Å². The van der Waals surface area contributed by atoms with E-state index in [0.29, 0.717) is 11.9 Å². The van der Waals surface area contributed by atoms with Crippen LogP contribution in [-0.2, 0) is 6.42 Å². The van der Waals surface area contributed by atoms with E-state index >= 15 is 0 Å². The average Bonchev–Trinajstić information content (AvgIpc) is 3.27. The fourth-order valence-electron chi connectivity index (χ4n) is 2.58. The van der Waals surface area contributed by atoms with E-state index in [9.17, 15) is 4.39 Å². The summed E-state index contributed by atoms with van der Waals surface area (Å²) in [6, 6.07) is 15.0. The second-order valence-electron chi connectivity index (χ2n) is 5.65. The lowest BCUT2D eigenvalue weighted by Gasteiger charge is -2.06. The van der Waals surface area contributed by atoms with Gasteiger partial charge in [-0.3, -0.25) is 0 Å². The van der Waals surface area contributed by atoms with Gasteiger partial charge in [0.25, 0.3) is 0 Å². The van der Waals surface area contributed by atoms with Crippen LogP contribution in [0.4, 0.5) is 10.1 Å². The second-order valence-corrected chi connectivity index (χ2v) is 5.65. The molecule has 0 aliphatic heterocycles. The Bertz CT molecular complexity index is 662. The minimum Gasteiger partial charge on any atom is -0.370 e. The second kappa shape index (κ2) is 6.18. The number of benzene rings is 2. The topological polar surface area (TPSA) is 50.4 Å². The molecule has 22 heavy (non-hydrogen) atoms. The summed E-state index contributed by atoms with van der Waals surface area (Å²) in [6.07, 6.45) is 1.98. The molecule has 2 atom stereocenters. The normalized spacial score (nSPS) is 20.7. The molecule has 114 valence electrons. The third-order valence-electron chi connectivity index (χ3n) is 3.99. The van der Waals surface area contributed by atoms with Crippen molar-refractivity contribution in [2.45, 2.75) is 31.7 Å². The SMILES string of the molecule is CCc1ccc(NC(N)=N[C@@H]2C[C@H]2c2ccc(F)cc2)cc1. The summed E-state index contributed by atoms with van der Waals surface area (Å²) in [4.78, 5) is 4.50. The molecular weight excluding hydrogens is 277 g/mol. The molecule has 1 aliphatic rings. The largest absolute Gasteiger partial charge is 0.370 e. The molecular formula is C18H20FN3. The minimum absolute atomic E-state index is 0.188. The Morgan fingerprint density at radius 2 is 1.86 bits per heavy atom. The zero-order chi connectivity index (χ0) is 15.5. The summed E-state index contributed by atoms with van der Waals surface area (Å²) in [5.74, 6) is 0.573. The van der Waals surface area contributed by atoms with E-state index < -0.39 is 0 Å². The fourth-order valence-corrected chi connectivity index (χ4v) is 2.58. The lowest BCUT2D eigenvalue weighted by molar-refractivity contribution is 0.627. The van der Waals surface area contributed by atoms with E-state index in [2.05, 4.69) is 29.4 Å². The first-order chi connectivity index (χ1) is 10.7. The highest BCUT2D eigenvalue weighted by molar-refractivity contribution is 5.92. The molecule has 0 spiro atoms. The van der Waals surface area contributed by atoms with Crippen molar-refractivity contribution >= 4 is 11.6 Å².